The summed E-state index contributed by atoms with van der Waals surface area (Å²) < 4.78 is 5.22. The molecule has 1 aromatic heterocycles. The molecule has 1 atom stereocenters. The number of hydrogen-bond donors (Lipinski definition) is 1. The van der Waals surface area contributed by atoms with Crippen molar-refractivity contribution in [2.45, 2.75) is 52.5 Å². The van der Waals surface area contributed by atoms with Gasteiger partial charge in [0.2, 0.25) is 5.91 Å². The molecular formula is C22H28ClN3O3. The largest absolute Gasteiger partial charge is 0.361 e. The lowest BCUT2D eigenvalue weighted by atomic mass is 9.92. The number of piperidine rings is 1. The number of carbonyl (C=O) groups excluding carboxylic acids is 2. The quantitative estimate of drug-likeness (QED) is 0.734. The summed E-state index contributed by atoms with van der Waals surface area (Å²) in [7, 11) is 0. The van der Waals surface area contributed by atoms with Gasteiger partial charge in [-0.1, -0.05) is 41.9 Å². The Hall–Kier alpha value is -2.34. The number of likely N-dealkylation sites (tertiary alicyclic amines) is 1. The number of aryl methyl sites for hydroxylation is 2. The summed E-state index contributed by atoms with van der Waals surface area (Å²) >= 11 is 6.13. The molecule has 0 aliphatic carbocycles. The monoisotopic (exact) mass is 417 g/mol. The third kappa shape index (κ3) is 5.38. The van der Waals surface area contributed by atoms with Gasteiger partial charge >= 0.3 is 0 Å². The number of benzene rings is 1. The normalized spacial score (nSPS) is 16.7. The van der Waals surface area contributed by atoms with Gasteiger partial charge in [0, 0.05) is 31.1 Å². The highest BCUT2D eigenvalue weighted by Gasteiger charge is 2.29. The number of halogens is 1. The van der Waals surface area contributed by atoms with E-state index < -0.39 is 0 Å². The molecule has 6 nitrogen and oxygen atoms in total. The van der Waals surface area contributed by atoms with Gasteiger partial charge in [-0.05, 0) is 50.2 Å². The van der Waals surface area contributed by atoms with E-state index in [0.717, 1.165) is 31.4 Å². The van der Waals surface area contributed by atoms with Crippen molar-refractivity contribution < 1.29 is 14.1 Å². The summed E-state index contributed by atoms with van der Waals surface area (Å²) in [6.45, 7) is 5.59. The van der Waals surface area contributed by atoms with Crippen molar-refractivity contribution in [3.05, 3.63) is 51.9 Å². The Kier molecular flexibility index (Phi) is 7.31. The summed E-state index contributed by atoms with van der Waals surface area (Å²) in [4.78, 5) is 27.1. The van der Waals surface area contributed by atoms with Crippen LogP contribution < -0.4 is 5.32 Å². The topological polar surface area (TPSA) is 75.4 Å². The molecule has 1 aliphatic rings. The number of nitrogens with one attached hydrogen (secondary N) is 1. The highest BCUT2D eigenvalue weighted by Crippen LogP contribution is 2.25. The van der Waals surface area contributed by atoms with Crippen molar-refractivity contribution in [1.29, 1.82) is 0 Å². The van der Waals surface area contributed by atoms with E-state index in [4.69, 9.17) is 16.1 Å². The average Bonchev–Trinajstić information content (AvgIpc) is 3.11. The van der Waals surface area contributed by atoms with Crippen LogP contribution in [-0.2, 0) is 17.8 Å². The second-order valence-electron chi connectivity index (χ2n) is 7.58. The van der Waals surface area contributed by atoms with Crippen LogP contribution in [0.5, 0.6) is 0 Å². The zero-order valence-corrected chi connectivity index (χ0v) is 17.8. The Bertz CT molecular complexity index is 865. The van der Waals surface area contributed by atoms with E-state index in [1.54, 1.807) is 6.92 Å². The third-order valence-corrected chi connectivity index (χ3v) is 5.87. The summed E-state index contributed by atoms with van der Waals surface area (Å²) in [5, 5.41) is 7.59. The lowest BCUT2D eigenvalue weighted by molar-refractivity contribution is -0.121. The molecule has 1 aromatic carbocycles. The van der Waals surface area contributed by atoms with E-state index in [2.05, 4.69) is 10.5 Å². The zero-order valence-electron chi connectivity index (χ0n) is 17.0. The molecule has 29 heavy (non-hydrogen) atoms. The van der Waals surface area contributed by atoms with Crippen LogP contribution in [0.3, 0.4) is 0 Å². The molecule has 1 aliphatic heterocycles. The first kappa shape index (κ1) is 21.4. The Labute approximate surface area is 176 Å². The van der Waals surface area contributed by atoms with Gasteiger partial charge in [-0.15, -0.1) is 0 Å². The van der Waals surface area contributed by atoms with Gasteiger partial charge in [0.1, 0.15) is 11.3 Å². The van der Waals surface area contributed by atoms with Gasteiger partial charge in [0.15, 0.2) is 0 Å². The van der Waals surface area contributed by atoms with Crippen LogP contribution in [0, 0.1) is 12.8 Å². The van der Waals surface area contributed by atoms with Crippen molar-refractivity contribution in [2.24, 2.45) is 5.92 Å². The van der Waals surface area contributed by atoms with E-state index >= 15 is 0 Å². The Morgan fingerprint density at radius 3 is 2.90 bits per heavy atom. The number of aromatic nitrogens is 1. The first-order valence-corrected chi connectivity index (χ1v) is 10.6. The molecule has 0 saturated carbocycles. The average molecular weight is 418 g/mol. The van der Waals surface area contributed by atoms with E-state index in [-0.39, 0.29) is 11.8 Å². The second kappa shape index (κ2) is 9.92. The molecule has 156 valence electrons. The molecule has 7 heteroatoms. The van der Waals surface area contributed by atoms with Crippen LogP contribution in [0.1, 0.15) is 60.0 Å². The number of amides is 2. The molecule has 0 spiro atoms. The number of hydrogen-bond acceptors (Lipinski definition) is 4. The highest BCUT2D eigenvalue weighted by molar-refractivity contribution is 6.31. The Balaban J connectivity index is 1.49. The van der Waals surface area contributed by atoms with Crippen LogP contribution in [-0.4, -0.2) is 35.0 Å². The Morgan fingerprint density at radius 1 is 1.34 bits per heavy atom. The summed E-state index contributed by atoms with van der Waals surface area (Å²) in [5.41, 5.74) is 2.23. The minimum absolute atomic E-state index is 0.00605. The highest BCUT2D eigenvalue weighted by atomic mass is 35.5. The van der Waals surface area contributed by atoms with Crippen molar-refractivity contribution >= 4 is 23.4 Å². The molecule has 1 unspecified atom stereocenters. The lowest BCUT2D eigenvalue weighted by Crippen LogP contribution is -2.40. The molecule has 2 amide bonds. The summed E-state index contributed by atoms with van der Waals surface area (Å²) in [5.74, 6) is 0.905. The maximum atomic E-state index is 13.0. The second-order valence-corrected chi connectivity index (χ2v) is 7.99. The number of nitrogens with zero attached hydrogens (tertiary/aromatic N) is 2. The van der Waals surface area contributed by atoms with Crippen LogP contribution in [0.15, 0.2) is 28.8 Å². The van der Waals surface area contributed by atoms with Crippen LogP contribution in [0.25, 0.3) is 0 Å². The van der Waals surface area contributed by atoms with E-state index in [0.29, 0.717) is 53.9 Å². The minimum atomic E-state index is -0.00605. The molecule has 3 rings (SSSR count). The van der Waals surface area contributed by atoms with Crippen LogP contribution in [0.4, 0.5) is 0 Å². The molecule has 2 aromatic rings. The fourth-order valence-corrected chi connectivity index (χ4v) is 4.04. The summed E-state index contributed by atoms with van der Waals surface area (Å²) in [6, 6.07) is 7.50. The Morgan fingerprint density at radius 2 is 2.14 bits per heavy atom. The third-order valence-electron chi connectivity index (χ3n) is 5.50. The van der Waals surface area contributed by atoms with Crippen LogP contribution >= 0.6 is 11.6 Å². The van der Waals surface area contributed by atoms with Crippen molar-refractivity contribution in [1.82, 2.24) is 15.4 Å². The molecular weight excluding hydrogens is 390 g/mol. The predicted molar refractivity (Wildman–Crippen MR) is 112 cm³/mol. The fraction of sp³-hybridized carbons (Fsp3) is 0.500. The molecule has 0 bridgehead atoms. The molecule has 1 fully saturated rings. The maximum absolute atomic E-state index is 13.0. The van der Waals surface area contributed by atoms with Gasteiger partial charge in [-0.2, -0.15) is 0 Å². The molecule has 1 saturated heterocycles. The van der Waals surface area contributed by atoms with E-state index in [1.807, 2.05) is 36.1 Å². The van der Waals surface area contributed by atoms with Crippen molar-refractivity contribution in [3.8, 4) is 0 Å². The number of rotatable bonds is 7. The van der Waals surface area contributed by atoms with Crippen molar-refractivity contribution in [2.75, 3.05) is 13.1 Å². The predicted octanol–water partition coefficient (Wildman–Crippen LogP) is 4.15. The van der Waals surface area contributed by atoms with Crippen LogP contribution in [0.2, 0.25) is 5.02 Å². The molecule has 0 radical (unpaired) electrons. The fourth-order valence-electron chi connectivity index (χ4n) is 3.84. The van der Waals surface area contributed by atoms with Crippen molar-refractivity contribution in [3.63, 3.8) is 0 Å². The van der Waals surface area contributed by atoms with E-state index in [1.165, 1.54) is 0 Å². The van der Waals surface area contributed by atoms with E-state index in [9.17, 15) is 9.59 Å². The first-order chi connectivity index (χ1) is 14.0. The first-order valence-electron chi connectivity index (χ1n) is 10.2. The standard InChI is InChI=1S/C22H28ClN3O3/c1-3-19-21(15(2)29-25-19)22(28)26-12-6-7-16(14-26)10-11-20(27)24-13-17-8-4-5-9-18(17)23/h4-5,8-9,16H,3,6-7,10-14H2,1-2H3,(H,24,27). The minimum Gasteiger partial charge on any atom is -0.361 e. The summed E-state index contributed by atoms with van der Waals surface area (Å²) in [6.07, 6.45) is 3.86. The van der Waals surface area contributed by atoms with Gasteiger partial charge in [-0.3, -0.25) is 9.59 Å². The van der Waals surface area contributed by atoms with Gasteiger partial charge in [-0.25, -0.2) is 0 Å². The SMILES string of the molecule is CCc1noc(C)c1C(=O)N1CCCC(CCC(=O)NCc2ccccc2Cl)C1. The zero-order chi connectivity index (χ0) is 20.8. The molecule has 2 heterocycles. The lowest BCUT2D eigenvalue weighted by Gasteiger charge is -2.32. The van der Waals surface area contributed by atoms with Gasteiger partial charge in [0.05, 0.1) is 5.69 Å². The number of carbonyl (C=O) groups is 2. The van der Waals surface area contributed by atoms with Gasteiger partial charge < -0.3 is 14.7 Å². The molecule has 1 N–H and O–H groups in total. The maximum Gasteiger partial charge on any atom is 0.259 e. The van der Waals surface area contributed by atoms with Gasteiger partial charge in [0.25, 0.3) is 5.91 Å². The smallest absolute Gasteiger partial charge is 0.259 e.